The Morgan fingerprint density at radius 3 is 2.83 bits per heavy atom. The number of ketones is 1. The van der Waals surface area contributed by atoms with Crippen LogP contribution in [0.25, 0.3) is 0 Å². The maximum absolute atomic E-state index is 12.0. The Kier molecular flexibility index (Phi) is 5.80. The molecule has 2 rings (SSSR count). The van der Waals surface area contributed by atoms with Gasteiger partial charge in [-0.25, -0.2) is 0 Å². The third kappa shape index (κ3) is 3.92. The fourth-order valence-corrected chi connectivity index (χ4v) is 3.27. The third-order valence-electron chi connectivity index (χ3n) is 4.77. The topological polar surface area (TPSA) is 46.6 Å². The van der Waals surface area contributed by atoms with Crippen molar-refractivity contribution >= 4 is 17.4 Å². The standard InChI is InChI=1S/C19H27NO3/c1-5-6-13(2)15-8-7-14(3)17(11-15)20-10-9-18(21)16(12-20)19(22)23-4/h7-8,11,13,16H,5-6,9-10,12H2,1-4H3. The number of hydrogen-bond acceptors (Lipinski definition) is 4. The van der Waals surface area contributed by atoms with E-state index >= 15 is 0 Å². The average Bonchev–Trinajstić information content (AvgIpc) is 2.55. The van der Waals surface area contributed by atoms with Crippen LogP contribution in [-0.2, 0) is 14.3 Å². The number of methoxy groups -OCH3 is 1. The van der Waals surface area contributed by atoms with Crippen LogP contribution in [0.3, 0.4) is 0 Å². The van der Waals surface area contributed by atoms with E-state index in [1.165, 1.54) is 18.2 Å². The number of nitrogens with zero attached hydrogens (tertiary/aromatic N) is 1. The molecule has 0 radical (unpaired) electrons. The lowest BCUT2D eigenvalue weighted by Crippen LogP contribution is -2.45. The molecular weight excluding hydrogens is 290 g/mol. The van der Waals surface area contributed by atoms with Crippen molar-refractivity contribution in [3.8, 4) is 0 Å². The first-order valence-electron chi connectivity index (χ1n) is 8.44. The lowest BCUT2D eigenvalue weighted by molar-refractivity contribution is -0.149. The summed E-state index contributed by atoms with van der Waals surface area (Å²) in [5, 5.41) is 0. The lowest BCUT2D eigenvalue weighted by atomic mass is 9.92. The van der Waals surface area contributed by atoms with E-state index in [0.717, 1.165) is 18.5 Å². The zero-order chi connectivity index (χ0) is 17.0. The highest BCUT2D eigenvalue weighted by Crippen LogP contribution is 2.30. The largest absolute Gasteiger partial charge is 0.468 e. The zero-order valence-electron chi connectivity index (χ0n) is 14.6. The molecule has 1 saturated heterocycles. The highest BCUT2D eigenvalue weighted by atomic mass is 16.5. The van der Waals surface area contributed by atoms with Crippen molar-refractivity contribution in [2.24, 2.45) is 5.92 Å². The summed E-state index contributed by atoms with van der Waals surface area (Å²) < 4.78 is 4.78. The molecule has 0 amide bonds. The quantitative estimate of drug-likeness (QED) is 0.616. The van der Waals surface area contributed by atoms with E-state index in [2.05, 4.69) is 43.9 Å². The smallest absolute Gasteiger partial charge is 0.318 e. The fraction of sp³-hybridized carbons (Fsp3) is 0.579. The molecule has 1 aliphatic heterocycles. The number of Topliss-reactive ketones (excluding diaryl/α,β-unsaturated/α-hetero) is 1. The lowest BCUT2D eigenvalue weighted by Gasteiger charge is -2.33. The second kappa shape index (κ2) is 7.62. The summed E-state index contributed by atoms with van der Waals surface area (Å²) in [4.78, 5) is 26.0. The molecule has 0 N–H and O–H groups in total. The molecule has 0 saturated carbocycles. The van der Waals surface area contributed by atoms with Crippen LogP contribution in [-0.4, -0.2) is 32.0 Å². The first kappa shape index (κ1) is 17.5. The first-order valence-corrected chi connectivity index (χ1v) is 8.44. The van der Waals surface area contributed by atoms with Crippen molar-refractivity contribution in [1.82, 2.24) is 0 Å². The second-order valence-electron chi connectivity index (χ2n) is 6.47. The third-order valence-corrected chi connectivity index (χ3v) is 4.77. The highest BCUT2D eigenvalue weighted by molar-refractivity contribution is 6.00. The van der Waals surface area contributed by atoms with Gasteiger partial charge in [0, 0.05) is 25.2 Å². The van der Waals surface area contributed by atoms with Gasteiger partial charge in [-0.3, -0.25) is 9.59 Å². The number of rotatable bonds is 5. The average molecular weight is 317 g/mol. The molecule has 1 aliphatic rings. The molecule has 0 aromatic heterocycles. The molecule has 2 unspecified atom stereocenters. The Balaban J connectivity index is 2.25. The van der Waals surface area contributed by atoms with Gasteiger partial charge in [-0.05, 0) is 36.5 Å². The predicted octanol–water partition coefficient (Wildman–Crippen LogP) is 3.47. The van der Waals surface area contributed by atoms with Crippen LogP contribution >= 0.6 is 0 Å². The van der Waals surface area contributed by atoms with Gasteiger partial charge in [0.2, 0.25) is 0 Å². The van der Waals surface area contributed by atoms with Crippen LogP contribution in [0.1, 0.15) is 50.2 Å². The number of carbonyl (C=O) groups is 2. The molecule has 1 fully saturated rings. The van der Waals surface area contributed by atoms with E-state index in [4.69, 9.17) is 4.74 Å². The van der Waals surface area contributed by atoms with Gasteiger partial charge in [0.15, 0.2) is 5.78 Å². The second-order valence-corrected chi connectivity index (χ2v) is 6.47. The minimum Gasteiger partial charge on any atom is -0.468 e. The summed E-state index contributed by atoms with van der Waals surface area (Å²) in [7, 11) is 1.34. The normalized spacial score (nSPS) is 19.6. The molecule has 4 nitrogen and oxygen atoms in total. The number of ether oxygens (including phenoxy) is 1. The molecule has 0 spiro atoms. The van der Waals surface area contributed by atoms with Crippen LogP contribution in [0.2, 0.25) is 0 Å². The Morgan fingerprint density at radius 1 is 1.43 bits per heavy atom. The van der Waals surface area contributed by atoms with E-state index < -0.39 is 11.9 Å². The van der Waals surface area contributed by atoms with E-state index in [-0.39, 0.29) is 5.78 Å². The molecule has 1 aromatic carbocycles. The number of anilines is 1. The SMILES string of the molecule is CCCC(C)c1ccc(C)c(N2CCC(=O)C(C(=O)OC)C2)c1. The number of carbonyl (C=O) groups excluding carboxylic acids is 2. The minimum atomic E-state index is -0.662. The van der Waals surface area contributed by atoms with Crippen LogP contribution in [0.5, 0.6) is 0 Å². The van der Waals surface area contributed by atoms with E-state index in [0.29, 0.717) is 25.4 Å². The van der Waals surface area contributed by atoms with E-state index in [9.17, 15) is 9.59 Å². The summed E-state index contributed by atoms with van der Waals surface area (Å²) in [6.07, 6.45) is 2.72. The van der Waals surface area contributed by atoms with Gasteiger partial charge in [0.25, 0.3) is 0 Å². The summed E-state index contributed by atoms with van der Waals surface area (Å²) in [5.74, 6) is -0.582. The van der Waals surface area contributed by atoms with E-state index in [1.807, 2.05) is 0 Å². The number of benzene rings is 1. The zero-order valence-corrected chi connectivity index (χ0v) is 14.6. The van der Waals surface area contributed by atoms with Crippen LogP contribution < -0.4 is 4.90 Å². The van der Waals surface area contributed by atoms with Crippen LogP contribution in [0.15, 0.2) is 18.2 Å². The predicted molar refractivity (Wildman–Crippen MR) is 91.8 cm³/mol. The van der Waals surface area contributed by atoms with Gasteiger partial charge < -0.3 is 9.64 Å². The molecule has 2 atom stereocenters. The van der Waals surface area contributed by atoms with Crippen LogP contribution in [0.4, 0.5) is 5.69 Å². The first-order chi connectivity index (χ1) is 11.0. The maximum atomic E-state index is 12.0. The summed E-state index contributed by atoms with van der Waals surface area (Å²) >= 11 is 0. The maximum Gasteiger partial charge on any atom is 0.318 e. The van der Waals surface area contributed by atoms with Crippen molar-refractivity contribution in [2.45, 2.75) is 46.0 Å². The van der Waals surface area contributed by atoms with E-state index in [1.54, 1.807) is 0 Å². The number of hydrogen-bond donors (Lipinski definition) is 0. The molecule has 23 heavy (non-hydrogen) atoms. The van der Waals surface area contributed by atoms with Gasteiger partial charge in [-0.1, -0.05) is 32.4 Å². The fourth-order valence-electron chi connectivity index (χ4n) is 3.27. The van der Waals surface area contributed by atoms with Crippen molar-refractivity contribution in [3.05, 3.63) is 29.3 Å². The van der Waals surface area contributed by atoms with Gasteiger partial charge in [-0.2, -0.15) is 0 Å². The molecule has 1 heterocycles. The highest BCUT2D eigenvalue weighted by Gasteiger charge is 2.34. The summed E-state index contributed by atoms with van der Waals surface area (Å²) in [6, 6.07) is 6.55. The van der Waals surface area contributed by atoms with Crippen molar-refractivity contribution < 1.29 is 14.3 Å². The molecule has 0 bridgehead atoms. The molecule has 126 valence electrons. The summed E-state index contributed by atoms with van der Waals surface area (Å²) in [6.45, 7) is 7.60. The summed E-state index contributed by atoms with van der Waals surface area (Å²) in [5.41, 5.74) is 3.63. The van der Waals surface area contributed by atoms with Crippen molar-refractivity contribution in [3.63, 3.8) is 0 Å². The molecular formula is C19H27NO3. The number of piperidine rings is 1. The molecule has 0 aliphatic carbocycles. The Labute approximate surface area is 138 Å². The Hall–Kier alpha value is -1.84. The van der Waals surface area contributed by atoms with Crippen LogP contribution in [0, 0.1) is 12.8 Å². The molecule has 4 heteroatoms. The Morgan fingerprint density at radius 2 is 2.17 bits per heavy atom. The monoisotopic (exact) mass is 317 g/mol. The molecule has 1 aromatic rings. The number of esters is 1. The Bertz CT molecular complexity index is 574. The number of aryl methyl sites for hydroxylation is 1. The van der Waals surface area contributed by atoms with Crippen molar-refractivity contribution in [1.29, 1.82) is 0 Å². The van der Waals surface area contributed by atoms with Gasteiger partial charge in [0.1, 0.15) is 5.92 Å². The minimum absolute atomic E-state index is 0.0127. The van der Waals surface area contributed by atoms with Gasteiger partial charge >= 0.3 is 5.97 Å². The van der Waals surface area contributed by atoms with Gasteiger partial charge in [-0.15, -0.1) is 0 Å². The van der Waals surface area contributed by atoms with Gasteiger partial charge in [0.05, 0.1) is 7.11 Å². The van der Waals surface area contributed by atoms with Crippen molar-refractivity contribution in [2.75, 3.05) is 25.1 Å².